The van der Waals surface area contributed by atoms with E-state index in [-0.39, 0.29) is 12.4 Å². The van der Waals surface area contributed by atoms with Crippen LogP contribution in [0.5, 0.6) is 5.75 Å². The summed E-state index contributed by atoms with van der Waals surface area (Å²) in [7, 11) is 2.91. The third kappa shape index (κ3) is 3.72. The number of halogens is 1. The van der Waals surface area contributed by atoms with E-state index in [2.05, 4.69) is 4.74 Å². The molecule has 2 N–H and O–H groups in total. The monoisotopic (exact) mass is 245 g/mol. The number of esters is 1. The molecule has 0 aromatic heterocycles. The van der Waals surface area contributed by atoms with Crippen LogP contribution < -0.4 is 10.5 Å². The molecule has 0 saturated carbocycles. The zero-order valence-corrected chi connectivity index (χ0v) is 10.1. The van der Waals surface area contributed by atoms with E-state index in [0.717, 1.165) is 11.3 Å². The Labute approximate surface area is 101 Å². The summed E-state index contributed by atoms with van der Waals surface area (Å²) in [6.45, 7) is 0. The van der Waals surface area contributed by atoms with E-state index in [1.807, 2.05) is 24.3 Å². The quantitative estimate of drug-likeness (QED) is 0.809. The van der Waals surface area contributed by atoms with Crippen molar-refractivity contribution in [1.82, 2.24) is 0 Å². The number of benzene rings is 1. The fourth-order valence-corrected chi connectivity index (χ4v) is 1.34. The third-order valence-corrected chi connectivity index (χ3v) is 2.14. The van der Waals surface area contributed by atoms with Gasteiger partial charge in [0.15, 0.2) is 0 Å². The van der Waals surface area contributed by atoms with Crippen LogP contribution in [0.1, 0.15) is 5.56 Å². The number of para-hydroxylation sites is 1. The molecule has 1 unspecified atom stereocenters. The van der Waals surface area contributed by atoms with Crippen molar-refractivity contribution in [2.24, 2.45) is 5.73 Å². The molecule has 5 heteroatoms. The lowest BCUT2D eigenvalue weighted by atomic mass is 10.1. The number of ether oxygens (including phenoxy) is 2. The summed E-state index contributed by atoms with van der Waals surface area (Å²) in [4.78, 5) is 11.1. The van der Waals surface area contributed by atoms with Gasteiger partial charge in [0.05, 0.1) is 14.2 Å². The van der Waals surface area contributed by atoms with Crippen LogP contribution in [0.15, 0.2) is 24.3 Å². The third-order valence-electron chi connectivity index (χ3n) is 2.14. The topological polar surface area (TPSA) is 61.5 Å². The van der Waals surface area contributed by atoms with Gasteiger partial charge in [0, 0.05) is 6.42 Å². The molecule has 0 radical (unpaired) electrons. The molecule has 16 heavy (non-hydrogen) atoms. The Morgan fingerprint density at radius 3 is 2.56 bits per heavy atom. The Morgan fingerprint density at radius 1 is 1.38 bits per heavy atom. The predicted molar refractivity (Wildman–Crippen MR) is 63.9 cm³/mol. The molecule has 0 aliphatic rings. The molecule has 0 saturated heterocycles. The molecule has 90 valence electrons. The van der Waals surface area contributed by atoms with Crippen molar-refractivity contribution in [3.8, 4) is 5.75 Å². The average molecular weight is 246 g/mol. The smallest absolute Gasteiger partial charge is 0.322 e. The van der Waals surface area contributed by atoms with Crippen LogP contribution in [0.3, 0.4) is 0 Å². The second-order valence-electron chi connectivity index (χ2n) is 3.15. The first kappa shape index (κ1) is 14.7. The van der Waals surface area contributed by atoms with Crippen molar-refractivity contribution in [2.75, 3.05) is 14.2 Å². The van der Waals surface area contributed by atoms with Crippen molar-refractivity contribution in [2.45, 2.75) is 12.5 Å². The van der Waals surface area contributed by atoms with Crippen molar-refractivity contribution >= 4 is 18.4 Å². The SMILES string of the molecule is COC(=O)C(N)Cc1ccccc1OC.Cl. The zero-order chi connectivity index (χ0) is 11.3. The molecule has 1 rings (SSSR count). The van der Waals surface area contributed by atoms with E-state index in [0.29, 0.717) is 6.42 Å². The van der Waals surface area contributed by atoms with Gasteiger partial charge in [-0.05, 0) is 11.6 Å². The number of hydrogen-bond donors (Lipinski definition) is 1. The fourth-order valence-electron chi connectivity index (χ4n) is 1.34. The Hall–Kier alpha value is -1.26. The van der Waals surface area contributed by atoms with Crippen LogP contribution >= 0.6 is 12.4 Å². The largest absolute Gasteiger partial charge is 0.496 e. The van der Waals surface area contributed by atoms with Gasteiger partial charge in [-0.25, -0.2) is 0 Å². The van der Waals surface area contributed by atoms with Gasteiger partial charge in [-0.3, -0.25) is 4.79 Å². The van der Waals surface area contributed by atoms with E-state index >= 15 is 0 Å². The van der Waals surface area contributed by atoms with Crippen molar-refractivity contribution in [3.63, 3.8) is 0 Å². The first-order chi connectivity index (χ1) is 7.19. The van der Waals surface area contributed by atoms with Gasteiger partial charge in [0.25, 0.3) is 0 Å². The van der Waals surface area contributed by atoms with Crippen LogP contribution in [-0.2, 0) is 16.0 Å². The Kier molecular flexibility index (Phi) is 6.53. The molecule has 1 aromatic carbocycles. The predicted octanol–water partition coefficient (Wildman–Crippen LogP) is 1.16. The molecule has 4 nitrogen and oxygen atoms in total. The number of rotatable bonds is 4. The summed E-state index contributed by atoms with van der Waals surface area (Å²) < 4.78 is 9.70. The maximum atomic E-state index is 11.1. The van der Waals surface area contributed by atoms with E-state index in [9.17, 15) is 4.79 Å². The van der Waals surface area contributed by atoms with Crippen LogP contribution in [0, 0.1) is 0 Å². The summed E-state index contributed by atoms with van der Waals surface area (Å²) in [5, 5.41) is 0. The Bertz CT molecular complexity index is 344. The molecular weight excluding hydrogens is 230 g/mol. The lowest BCUT2D eigenvalue weighted by molar-refractivity contribution is -0.142. The molecule has 0 bridgehead atoms. The standard InChI is InChI=1S/C11H15NO3.ClH/c1-14-10-6-4-3-5-8(10)7-9(12)11(13)15-2;/h3-6,9H,7,12H2,1-2H3;1H. The number of nitrogens with two attached hydrogens (primary N) is 1. The molecule has 0 amide bonds. The number of carbonyl (C=O) groups is 1. The highest BCUT2D eigenvalue weighted by molar-refractivity contribution is 5.85. The zero-order valence-electron chi connectivity index (χ0n) is 9.30. The highest BCUT2D eigenvalue weighted by Crippen LogP contribution is 2.18. The maximum absolute atomic E-state index is 11.1. The maximum Gasteiger partial charge on any atom is 0.322 e. The van der Waals surface area contributed by atoms with Gasteiger partial charge in [-0.15, -0.1) is 12.4 Å². The Morgan fingerprint density at radius 2 is 2.00 bits per heavy atom. The van der Waals surface area contributed by atoms with Gasteiger partial charge >= 0.3 is 5.97 Å². The lowest BCUT2D eigenvalue weighted by Crippen LogP contribution is -2.33. The first-order valence-corrected chi connectivity index (χ1v) is 4.64. The average Bonchev–Trinajstić information content (AvgIpc) is 2.28. The highest BCUT2D eigenvalue weighted by atomic mass is 35.5. The molecule has 1 atom stereocenters. The van der Waals surface area contributed by atoms with E-state index in [4.69, 9.17) is 10.5 Å². The number of methoxy groups -OCH3 is 2. The summed E-state index contributed by atoms with van der Waals surface area (Å²) in [5.74, 6) is 0.317. The first-order valence-electron chi connectivity index (χ1n) is 4.64. The Balaban J connectivity index is 0.00000225. The van der Waals surface area contributed by atoms with Crippen LogP contribution in [0.25, 0.3) is 0 Å². The van der Waals surface area contributed by atoms with Crippen LogP contribution in [-0.4, -0.2) is 26.2 Å². The molecule has 0 fully saturated rings. The summed E-state index contributed by atoms with van der Waals surface area (Å²) in [6.07, 6.45) is 0.413. The molecule has 0 heterocycles. The molecule has 1 aromatic rings. The van der Waals surface area contributed by atoms with Gasteiger partial charge in [-0.2, -0.15) is 0 Å². The van der Waals surface area contributed by atoms with Gasteiger partial charge in [0.1, 0.15) is 11.8 Å². The summed E-state index contributed by atoms with van der Waals surface area (Å²) in [6, 6.07) is 6.81. The van der Waals surface area contributed by atoms with Crippen LogP contribution in [0.4, 0.5) is 0 Å². The fraction of sp³-hybridized carbons (Fsp3) is 0.364. The molecule has 0 spiro atoms. The normalized spacial score (nSPS) is 11.2. The molecule has 0 aliphatic heterocycles. The van der Waals surface area contributed by atoms with Gasteiger partial charge in [0.2, 0.25) is 0 Å². The second kappa shape index (κ2) is 7.09. The van der Waals surface area contributed by atoms with E-state index in [1.165, 1.54) is 7.11 Å². The highest BCUT2D eigenvalue weighted by Gasteiger charge is 2.15. The molecular formula is C11H16ClNO3. The van der Waals surface area contributed by atoms with Gasteiger partial charge in [-0.1, -0.05) is 18.2 Å². The van der Waals surface area contributed by atoms with Crippen molar-refractivity contribution < 1.29 is 14.3 Å². The summed E-state index contributed by atoms with van der Waals surface area (Å²) in [5.41, 5.74) is 6.55. The van der Waals surface area contributed by atoms with Crippen molar-refractivity contribution in [3.05, 3.63) is 29.8 Å². The lowest BCUT2D eigenvalue weighted by Gasteiger charge is -2.11. The second-order valence-corrected chi connectivity index (χ2v) is 3.15. The minimum absolute atomic E-state index is 0. The minimum atomic E-state index is -0.647. The van der Waals surface area contributed by atoms with Crippen LogP contribution in [0.2, 0.25) is 0 Å². The van der Waals surface area contributed by atoms with E-state index < -0.39 is 12.0 Å². The van der Waals surface area contributed by atoms with E-state index in [1.54, 1.807) is 7.11 Å². The summed E-state index contributed by atoms with van der Waals surface area (Å²) >= 11 is 0. The van der Waals surface area contributed by atoms with Crippen molar-refractivity contribution in [1.29, 1.82) is 0 Å². The molecule has 0 aliphatic carbocycles. The minimum Gasteiger partial charge on any atom is -0.496 e. The van der Waals surface area contributed by atoms with Gasteiger partial charge < -0.3 is 15.2 Å². The number of carbonyl (C=O) groups excluding carboxylic acids is 1. The number of hydrogen-bond acceptors (Lipinski definition) is 4.